The highest BCUT2D eigenvalue weighted by Crippen LogP contribution is 2.40. The fraction of sp³-hybridized carbons (Fsp3) is 0.417. The van der Waals surface area contributed by atoms with Crippen LogP contribution in [-0.4, -0.2) is 37.7 Å². The molecule has 2 heterocycles. The summed E-state index contributed by atoms with van der Waals surface area (Å²) >= 11 is 2.20. The Bertz CT molecular complexity index is 1230. The molecule has 0 bridgehead atoms. The van der Waals surface area contributed by atoms with E-state index in [2.05, 4.69) is 9.97 Å². The number of thiophene rings is 1. The summed E-state index contributed by atoms with van der Waals surface area (Å²) in [5.41, 5.74) is 7.91. The molecule has 0 atom stereocenters. The molecule has 33 heavy (non-hydrogen) atoms. The number of nitrogens with zero attached hydrogens (tertiary/aromatic N) is 2. The molecule has 0 unspecified atom stereocenters. The van der Waals surface area contributed by atoms with E-state index >= 15 is 0 Å². The van der Waals surface area contributed by atoms with Crippen LogP contribution in [-0.2, 0) is 10.8 Å². The molecule has 3 rings (SSSR count). The summed E-state index contributed by atoms with van der Waals surface area (Å²) in [6.45, 7) is 13.7. The second kappa shape index (κ2) is 8.61. The number of aromatic carboxylic acids is 1. The van der Waals surface area contributed by atoms with Crippen molar-refractivity contribution in [1.82, 2.24) is 9.97 Å². The quantitative estimate of drug-likeness (QED) is 0.243. The molecule has 0 saturated carbocycles. The van der Waals surface area contributed by atoms with Crippen molar-refractivity contribution in [3.8, 4) is 5.75 Å². The maximum absolute atomic E-state index is 13.1. The van der Waals surface area contributed by atoms with Gasteiger partial charge in [0.1, 0.15) is 21.3 Å². The molecule has 9 heteroatoms. The van der Waals surface area contributed by atoms with E-state index in [-0.39, 0.29) is 38.8 Å². The number of carbonyl (C=O) groups is 2. The zero-order valence-corrected chi connectivity index (χ0v) is 21.5. The van der Waals surface area contributed by atoms with Crippen molar-refractivity contribution >= 4 is 50.9 Å². The number of phenolic OH excluding ortho intramolecular Hbond substituents is 1. The summed E-state index contributed by atoms with van der Waals surface area (Å²) in [5, 5.41) is 21.1. The molecule has 4 N–H and O–H groups in total. The molecule has 1 aromatic carbocycles. The van der Waals surface area contributed by atoms with Gasteiger partial charge in [-0.25, -0.2) is 14.8 Å². The van der Waals surface area contributed by atoms with E-state index < -0.39 is 5.97 Å². The van der Waals surface area contributed by atoms with Crippen LogP contribution in [0.2, 0.25) is 0 Å². The average Bonchev–Trinajstić information content (AvgIpc) is 3.01. The van der Waals surface area contributed by atoms with Gasteiger partial charge in [0, 0.05) is 16.7 Å². The molecule has 0 aliphatic heterocycles. The van der Waals surface area contributed by atoms with Gasteiger partial charge in [0.25, 0.3) is 0 Å². The Labute approximate surface area is 201 Å². The number of ketones is 1. The number of Topliss-reactive ketones (excluding diaryl/α,β-unsaturated/α-hetero) is 1. The van der Waals surface area contributed by atoms with Crippen LogP contribution in [0.4, 0.5) is 5.82 Å². The van der Waals surface area contributed by atoms with Crippen molar-refractivity contribution < 1.29 is 19.8 Å². The molecule has 0 amide bonds. The van der Waals surface area contributed by atoms with Gasteiger partial charge in [-0.1, -0.05) is 53.3 Å². The van der Waals surface area contributed by atoms with Gasteiger partial charge in [-0.05, 0) is 35.4 Å². The Morgan fingerprint density at radius 2 is 1.61 bits per heavy atom. The van der Waals surface area contributed by atoms with E-state index in [0.29, 0.717) is 26.5 Å². The van der Waals surface area contributed by atoms with E-state index in [0.717, 1.165) is 34.2 Å². The van der Waals surface area contributed by atoms with Gasteiger partial charge < -0.3 is 15.9 Å². The maximum atomic E-state index is 13.1. The summed E-state index contributed by atoms with van der Waals surface area (Å²) < 4.78 is 0. The second-order valence-corrected chi connectivity index (χ2v) is 12.0. The minimum Gasteiger partial charge on any atom is -0.507 e. The summed E-state index contributed by atoms with van der Waals surface area (Å²) in [6.07, 6.45) is 0. The number of hydrogen-bond acceptors (Lipinski definition) is 8. The first-order chi connectivity index (χ1) is 15.1. The van der Waals surface area contributed by atoms with E-state index in [1.807, 2.05) is 41.5 Å². The Hall–Kier alpha value is -2.65. The van der Waals surface area contributed by atoms with Crippen molar-refractivity contribution in [2.75, 3.05) is 11.5 Å². The number of anilines is 1. The normalized spacial score (nSPS) is 12.3. The summed E-state index contributed by atoms with van der Waals surface area (Å²) in [7, 11) is 0. The smallest absolute Gasteiger partial charge is 0.346 e. The van der Waals surface area contributed by atoms with Crippen LogP contribution < -0.4 is 5.73 Å². The summed E-state index contributed by atoms with van der Waals surface area (Å²) in [4.78, 5) is 33.9. The number of aryl methyl sites for hydroxylation is 1. The molecule has 0 fully saturated rings. The molecule has 0 aliphatic rings. The van der Waals surface area contributed by atoms with E-state index in [1.165, 1.54) is 0 Å². The number of aromatic hydroxyl groups is 1. The molecular weight excluding hydrogens is 458 g/mol. The predicted molar refractivity (Wildman–Crippen MR) is 134 cm³/mol. The molecule has 0 spiro atoms. The van der Waals surface area contributed by atoms with Gasteiger partial charge in [0.2, 0.25) is 0 Å². The van der Waals surface area contributed by atoms with Crippen LogP contribution in [0.15, 0.2) is 17.3 Å². The summed E-state index contributed by atoms with van der Waals surface area (Å²) in [5.74, 6) is -0.643. The minimum atomic E-state index is -1.03. The van der Waals surface area contributed by atoms with Crippen LogP contribution >= 0.6 is 23.1 Å². The Morgan fingerprint density at radius 1 is 1.06 bits per heavy atom. The van der Waals surface area contributed by atoms with Gasteiger partial charge >= 0.3 is 5.97 Å². The number of nitrogen functional groups attached to an aromatic ring is 1. The van der Waals surface area contributed by atoms with Crippen LogP contribution in [0, 0.1) is 6.92 Å². The zero-order valence-electron chi connectivity index (χ0n) is 19.9. The summed E-state index contributed by atoms with van der Waals surface area (Å²) in [6, 6.07) is 3.52. The monoisotopic (exact) mass is 487 g/mol. The Morgan fingerprint density at radius 3 is 2.09 bits per heavy atom. The number of carboxylic acids is 1. The maximum Gasteiger partial charge on any atom is 0.346 e. The van der Waals surface area contributed by atoms with Gasteiger partial charge in [0.05, 0.1) is 11.1 Å². The number of rotatable bonds is 5. The lowest BCUT2D eigenvalue weighted by atomic mass is 9.78. The zero-order chi connectivity index (χ0) is 24.9. The average molecular weight is 488 g/mol. The molecule has 0 aliphatic carbocycles. The Balaban J connectivity index is 1.94. The van der Waals surface area contributed by atoms with E-state index in [1.54, 1.807) is 19.1 Å². The first kappa shape index (κ1) is 25.0. The lowest BCUT2D eigenvalue weighted by molar-refractivity contribution is 0.0701. The van der Waals surface area contributed by atoms with Crippen molar-refractivity contribution in [2.24, 2.45) is 0 Å². The number of benzene rings is 1. The number of aromatic nitrogens is 2. The molecule has 7 nitrogen and oxygen atoms in total. The molecule has 0 radical (unpaired) electrons. The van der Waals surface area contributed by atoms with Crippen molar-refractivity contribution in [3.63, 3.8) is 0 Å². The predicted octanol–water partition coefficient (Wildman–Crippen LogP) is 5.56. The molecule has 3 aromatic rings. The lowest BCUT2D eigenvalue weighted by Gasteiger charge is -2.28. The third kappa shape index (κ3) is 4.99. The van der Waals surface area contributed by atoms with Crippen molar-refractivity contribution in [2.45, 2.75) is 64.5 Å². The molecule has 0 saturated heterocycles. The van der Waals surface area contributed by atoms with Gasteiger partial charge in [-0.2, -0.15) is 0 Å². The first-order valence-corrected chi connectivity index (χ1v) is 12.2. The van der Waals surface area contributed by atoms with Gasteiger partial charge in [-0.3, -0.25) is 4.79 Å². The number of fused-ring (bicyclic) bond motifs is 1. The number of carbonyl (C=O) groups excluding carboxylic acids is 1. The number of nitrogens with two attached hydrogens (primary N) is 1. The van der Waals surface area contributed by atoms with Crippen molar-refractivity contribution in [1.29, 1.82) is 0 Å². The topological polar surface area (TPSA) is 126 Å². The third-order valence-corrected chi connectivity index (χ3v) is 7.39. The van der Waals surface area contributed by atoms with Crippen LogP contribution in [0.5, 0.6) is 5.75 Å². The second-order valence-electron chi connectivity index (χ2n) is 10.1. The van der Waals surface area contributed by atoms with Gasteiger partial charge in [-0.15, -0.1) is 11.3 Å². The number of thioether (sulfide) groups is 1. The van der Waals surface area contributed by atoms with Gasteiger partial charge in [0.15, 0.2) is 10.9 Å². The SMILES string of the molecule is Cc1c(C(=O)O)sc2nc(SCC(=O)c3cc(C(C)(C)C)c(O)c(C(C)(C)C)c3)nc(N)c12. The molecule has 2 aromatic heterocycles. The van der Waals surface area contributed by atoms with Crippen LogP contribution in [0.25, 0.3) is 10.2 Å². The highest BCUT2D eigenvalue weighted by atomic mass is 32.2. The fourth-order valence-electron chi connectivity index (χ4n) is 3.57. The highest BCUT2D eigenvalue weighted by Gasteiger charge is 2.28. The Kier molecular flexibility index (Phi) is 6.52. The minimum absolute atomic E-state index is 0.0824. The largest absolute Gasteiger partial charge is 0.507 e. The number of phenols is 1. The number of carboxylic acid groups (broad SMARTS) is 1. The van der Waals surface area contributed by atoms with Crippen LogP contribution in [0.3, 0.4) is 0 Å². The fourth-order valence-corrected chi connectivity index (χ4v) is 5.40. The first-order valence-electron chi connectivity index (χ1n) is 10.4. The third-order valence-electron chi connectivity index (χ3n) is 5.37. The highest BCUT2D eigenvalue weighted by molar-refractivity contribution is 7.99. The lowest BCUT2D eigenvalue weighted by Crippen LogP contribution is -2.19. The number of hydrogen-bond donors (Lipinski definition) is 3. The molecule has 176 valence electrons. The van der Waals surface area contributed by atoms with Crippen molar-refractivity contribution in [3.05, 3.63) is 39.3 Å². The molecular formula is C24H29N3O4S2. The van der Waals surface area contributed by atoms with E-state index in [4.69, 9.17) is 5.73 Å². The van der Waals surface area contributed by atoms with Crippen LogP contribution in [0.1, 0.15) is 78.3 Å². The standard InChI is InChI=1S/C24H29N3O4S2/c1-11-16-19(25)26-22(27-20(16)33-18(11)21(30)31)32-10-15(28)12-8-13(23(2,3)4)17(29)14(9-12)24(5,6)7/h8-9,29H,10H2,1-7H3,(H,30,31)(H2,25,26,27). The van der Waals surface area contributed by atoms with E-state index in [9.17, 15) is 19.8 Å².